The number of hydrogen-bond donors (Lipinski definition) is 1. The highest BCUT2D eigenvalue weighted by molar-refractivity contribution is 5.68. The maximum absolute atomic E-state index is 11.9. The van der Waals surface area contributed by atoms with Crippen molar-refractivity contribution in [3.05, 3.63) is 0 Å². The zero-order valence-corrected chi connectivity index (χ0v) is 20.3. The Kier molecular flexibility index (Phi) is 10.6. The highest BCUT2D eigenvalue weighted by Gasteiger charge is 2.54. The molecular weight excluding hydrogens is 460 g/mol. The van der Waals surface area contributed by atoms with Gasteiger partial charge in [-0.3, -0.25) is 14.4 Å². The minimum Gasteiger partial charge on any atom is -0.456 e. The van der Waals surface area contributed by atoms with Crippen molar-refractivity contribution in [2.45, 2.75) is 89.1 Å². The van der Waals surface area contributed by atoms with Gasteiger partial charge in [0, 0.05) is 42.1 Å². The second-order valence-electron chi connectivity index (χ2n) is 7.89. The van der Waals surface area contributed by atoms with E-state index in [4.69, 9.17) is 42.6 Å². The van der Waals surface area contributed by atoms with Crippen molar-refractivity contribution in [1.29, 1.82) is 0 Å². The molecule has 0 amide bonds. The Morgan fingerprint density at radius 3 is 1.68 bits per heavy atom. The van der Waals surface area contributed by atoms with Crippen LogP contribution in [-0.4, -0.2) is 112 Å². The molecule has 10 atom stereocenters. The van der Waals surface area contributed by atoms with Crippen LogP contribution in [0.3, 0.4) is 0 Å². The van der Waals surface area contributed by atoms with E-state index in [0.717, 1.165) is 13.8 Å². The molecule has 0 radical (unpaired) electrons. The van der Waals surface area contributed by atoms with Crippen LogP contribution in [0.1, 0.15) is 27.7 Å². The van der Waals surface area contributed by atoms with Gasteiger partial charge in [0.25, 0.3) is 0 Å². The van der Waals surface area contributed by atoms with E-state index in [-0.39, 0.29) is 0 Å². The van der Waals surface area contributed by atoms with Crippen LogP contribution >= 0.6 is 0 Å². The molecule has 13 nitrogen and oxygen atoms in total. The number of rotatable bonds is 9. The van der Waals surface area contributed by atoms with E-state index in [1.807, 2.05) is 0 Å². The van der Waals surface area contributed by atoms with Crippen LogP contribution in [0.25, 0.3) is 0 Å². The van der Waals surface area contributed by atoms with Gasteiger partial charge in [0.1, 0.15) is 24.4 Å². The molecule has 34 heavy (non-hydrogen) atoms. The van der Waals surface area contributed by atoms with Crippen molar-refractivity contribution in [3.8, 4) is 0 Å². The standard InChI is InChI=1S/C21H34O13/c1-9-14(30-10(2)23)17(31-11(3)24)19(32-12(4)25)21(29-9)34-15-13(8-22)33-20(28-7)18(27-6)16(15)26-5/h9,13-22H,8H2,1-7H3/t9-,13-,14+,15+,16+,17-,18-,19-,20+,21+/m1/s1. The van der Waals surface area contributed by atoms with Crippen molar-refractivity contribution in [3.63, 3.8) is 0 Å². The average Bonchev–Trinajstić information content (AvgIpc) is 2.77. The Morgan fingerprint density at radius 2 is 1.21 bits per heavy atom. The summed E-state index contributed by atoms with van der Waals surface area (Å²) in [4.78, 5) is 35.4. The zero-order valence-electron chi connectivity index (χ0n) is 20.3. The summed E-state index contributed by atoms with van der Waals surface area (Å²) in [5.41, 5.74) is 0. The van der Waals surface area contributed by atoms with Gasteiger partial charge in [0.15, 0.2) is 30.9 Å². The molecule has 13 heteroatoms. The van der Waals surface area contributed by atoms with Crippen LogP contribution in [0, 0.1) is 0 Å². The summed E-state index contributed by atoms with van der Waals surface area (Å²) in [6.07, 6.45) is -10.1. The Morgan fingerprint density at radius 1 is 0.676 bits per heavy atom. The molecule has 2 rings (SSSR count). The van der Waals surface area contributed by atoms with E-state index < -0.39 is 85.9 Å². The molecular formula is C21H34O13. The first-order chi connectivity index (χ1) is 16.1. The lowest BCUT2D eigenvalue weighted by atomic mass is 9.96. The maximum atomic E-state index is 11.9. The molecule has 0 bridgehead atoms. The Balaban J connectivity index is 2.42. The van der Waals surface area contributed by atoms with Crippen LogP contribution in [0.15, 0.2) is 0 Å². The van der Waals surface area contributed by atoms with Gasteiger partial charge in [-0.1, -0.05) is 0 Å². The third-order valence-electron chi connectivity index (χ3n) is 5.47. The number of methoxy groups -OCH3 is 3. The molecule has 0 unspecified atom stereocenters. The van der Waals surface area contributed by atoms with E-state index >= 15 is 0 Å². The van der Waals surface area contributed by atoms with Gasteiger partial charge in [-0.2, -0.15) is 0 Å². The fourth-order valence-electron chi connectivity index (χ4n) is 4.13. The molecule has 2 aliphatic rings. The summed E-state index contributed by atoms with van der Waals surface area (Å²) in [5.74, 6) is -2.06. The molecule has 0 aromatic heterocycles. The lowest BCUT2D eigenvalue weighted by Gasteiger charge is -2.48. The first-order valence-corrected chi connectivity index (χ1v) is 10.7. The van der Waals surface area contributed by atoms with Crippen molar-refractivity contribution in [1.82, 2.24) is 0 Å². The summed E-state index contributed by atoms with van der Waals surface area (Å²) < 4.78 is 50.2. The number of carbonyl (C=O) groups is 3. The third-order valence-corrected chi connectivity index (χ3v) is 5.47. The Labute approximate surface area is 197 Å². The monoisotopic (exact) mass is 494 g/mol. The van der Waals surface area contributed by atoms with Crippen LogP contribution < -0.4 is 0 Å². The van der Waals surface area contributed by atoms with E-state index in [1.165, 1.54) is 28.3 Å². The average molecular weight is 494 g/mol. The third kappa shape index (κ3) is 6.62. The first kappa shape index (κ1) is 28.4. The summed E-state index contributed by atoms with van der Waals surface area (Å²) in [6, 6.07) is 0. The van der Waals surface area contributed by atoms with Gasteiger partial charge in [-0.25, -0.2) is 0 Å². The second-order valence-corrected chi connectivity index (χ2v) is 7.89. The van der Waals surface area contributed by atoms with Gasteiger partial charge in [-0.05, 0) is 6.92 Å². The number of hydrogen-bond acceptors (Lipinski definition) is 13. The van der Waals surface area contributed by atoms with E-state index in [9.17, 15) is 19.5 Å². The van der Waals surface area contributed by atoms with Crippen LogP contribution in [0.5, 0.6) is 0 Å². The molecule has 0 spiro atoms. The summed E-state index contributed by atoms with van der Waals surface area (Å²) in [7, 11) is 4.27. The number of aliphatic hydroxyl groups excluding tert-OH is 1. The molecule has 0 saturated carbocycles. The van der Waals surface area contributed by atoms with Crippen molar-refractivity contribution < 1.29 is 62.1 Å². The summed E-state index contributed by atoms with van der Waals surface area (Å²) in [6.45, 7) is 4.62. The van der Waals surface area contributed by atoms with Crippen LogP contribution in [0.2, 0.25) is 0 Å². The van der Waals surface area contributed by atoms with Gasteiger partial charge in [0.2, 0.25) is 0 Å². The summed E-state index contributed by atoms with van der Waals surface area (Å²) >= 11 is 0. The number of esters is 3. The molecule has 196 valence electrons. The van der Waals surface area contributed by atoms with E-state index in [2.05, 4.69) is 0 Å². The van der Waals surface area contributed by atoms with Gasteiger partial charge < -0.3 is 47.7 Å². The molecule has 2 saturated heterocycles. The lowest BCUT2D eigenvalue weighted by Crippen LogP contribution is -2.66. The highest BCUT2D eigenvalue weighted by atomic mass is 16.8. The molecule has 0 aliphatic carbocycles. The molecule has 2 aliphatic heterocycles. The molecule has 2 fully saturated rings. The normalized spacial score (nSPS) is 38.1. The maximum Gasteiger partial charge on any atom is 0.303 e. The topological polar surface area (TPSA) is 155 Å². The predicted octanol–water partition coefficient (Wildman–Crippen LogP) is -0.695. The quantitative estimate of drug-likeness (QED) is 0.318. The van der Waals surface area contributed by atoms with Crippen LogP contribution in [0.4, 0.5) is 0 Å². The van der Waals surface area contributed by atoms with Crippen molar-refractivity contribution in [2.75, 3.05) is 27.9 Å². The number of ether oxygens (including phenoxy) is 9. The Hall–Kier alpha value is -1.87. The molecule has 0 aromatic carbocycles. The number of aliphatic hydroxyl groups is 1. The lowest BCUT2D eigenvalue weighted by molar-refractivity contribution is -0.359. The molecule has 1 N–H and O–H groups in total. The van der Waals surface area contributed by atoms with Crippen LogP contribution in [-0.2, 0) is 57.0 Å². The van der Waals surface area contributed by atoms with Crippen molar-refractivity contribution in [2.24, 2.45) is 0 Å². The summed E-state index contributed by atoms with van der Waals surface area (Å²) in [5, 5.41) is 9.94. The largest absolute Gasteiger partial charge is 0.456 e. The fraction of sp³-hybridized carbons (Fsp3) is 0.857. The van der Waals surface area contributed by atoms with Gasteiger partial charge >= 0.3 is 17.9 Å². The number of carbonyl (C=O) groups excluding carboxylic acids is 3. The molecule has 0 aromatic rings. The smallest absolute Gasteiger partial charge is 0.303 e. The Bertz CT molecular complexity index is 700. The van der Waals surface area contributed by atoms with Gasteiger partial charge in [0.05, 0.1) is 12.7 Å². The first-order valence-electron chi connectivity index (χ1n) is 10.7. The zero-order chi connectivity index (χ0) is 25.6. The van der Waals surface area contributed by atoms with Crippen molar-refractivity contribution >= 4 is 17.9 Å². The second kappa shape index (κ2) is 12.7. The molecule has 2 heterocycles. The SMILES string of the molecule is CO[C@H]1O[C@H](CO)[C@H](O[C@@H]2O[C@H](C)[C@H](OC(C)=O)[C@@H](OC(C)=O)[C@H]2OC(C)=O)[C@H](OC)[C@H]1OC. The fourth-order valence-corrected chi connectivity index (χ4v) is 4.13. The highest BCUT2D eigenvalue weighted by Crippen LogP contribution is 2.34. The predicted molar refractivity (Wildman–Crippen MR) is 110 cm³/mol. The van der Waals surface area contributed by atoms with E-state index in [0.29, 0.717) is 0 Å². The van der Waals surface area contributed by atoms with E-state index in [1.54, 1.807) is 6.92 Å². The minimum absolute atomic E-state index is 0.467. The van der Waals surface area contributed by atoms with Gasteiger partial charge in [-0.15, -0.1) is 0 Å². The minimum atomic E-state index is -1.32.